The van der Waals surface area contributed by atoms with Crippen LogP contribution in [0.3, 0.4) is 0 Å². The molecule has 1 amide bonds. The average molecular weight is 382 g/mol. The summed E-state index contributed by atoms with van der Waals surface area (Å²) in [5, 5.41) is 0. The first-order valence-electron chi connectivity index (χ1n) is 9.64. The third-order valence-corrected chi connectivity index (χ3v) is 5.44. The van der Waals surface area contributed by atoms with Gasteiger partial charge in [-0.15, -0.1) is 0 Å². The van der Waals surface area contributed by atoms with Crippen molar-refractivity contribution in [1.82, 2.24) is 14.9 Å². The van der Waals surface area contributed by atoms with Gasteiger partial charge >= 0.3 is 0 Å². The third-order valence-electron chi connectivity index (χ3n) is 5.44. The number of hydrogen-bond acceptors (Lipinski definition) is 6. The number of aryl methyl sites for hydroxylation is 2. The molecule has 3 aliphatic heterocycles. The van der Waals surface area contributed by atoms with E-state index in [2.05, 4.69) is 14.9 Å². The van der Waals surface area contributed by atoms with Crippen LogP contribution in [-0.4, -0.2) is 59.2 Å². The predicted molar refractivity (Wildman–Crippen MR) is 106 cm³/mol. The van der Waals surface area contributed by atoms with Gasteiger partial charge in [-0.25, -0.2) is 9.97 Å². The van der Waals surface area contributed by atoms with Crippen molar-refractivity contribution in [1.29, 1.82) is 0 Å². The Labute approximate surface area is 165 Å². The summed E-state index contributed by atoms with van der Waals surface area (Å²) >= 11 is 0. The minimum Gasteiger partial charge on any atom is -0.497 e. The zero-order valence-corrected chi connectivity index (χ0v) is 16.8. The molecule has 7 heteroatoms. The fourth-order valence-electron chi connectivity index (χ4n) is 4.13. The van der Waals surface area contributed by atoms with Gasteiger partial charge in [-0.2, -0.15) is 0 Å². The molecule has 1 aromatic carbocycles. The number of piperazine rings is 1. The number of nitrogens with zero attached hydrogens (tertiary/aromatic N) is 4. The van der Waals surface area contributed by atoms with E-state index in [9.17, 15) is 4.79 Å². The molecule has 0 aliphatic carbocycles. The summed E-state index contributed by atoms with van der Waals surface area (Å²) in [6.45, 7) is 7.31. The number of ether oxygens (including phenoxy) is 2. The summed E-state index contributed by atoms with van der Waals surface area (Å²) < 4.78 is 11.0. The van der Waals surface area contributed by atoms with Gasteiger partial charge in [-0.1, -0.05) is 0 Å². The van der Waals surface area contributed by atoms with Crippen LogP contribution in [0.5, 0.6) is 11.5 Å². The Hall–Kier alpha value is -2.83. The number of amides is 1. The van der Waals surface area contributed by atoms with Gasteiger partial charge in [0.2, 0.25) is 0 Å². The van der Waals surface area contributed by atoms with E-state index < -0.39 is 6.10 Å². The van der Waals surface area contributed by atoms with Crippen molar-refractivity contribution in [3.8, 4) is 11.5 Å². The van der Waals surface area contributed by atoms with Crippen LogP contribution in [0.15, 0.2) is 30.3 Å². The molecule has 3 unspecified atom stereocenters. The summed E-state index contributed by atoms with van der Waals surface area (Å²) in [7, 11) is 1.62. The molecule has 28 heavy (non-hydrogen) atoms. The minimum absolute atomic E-state index is 0.0479. The fraction of sp³-hybridized carbons (Fsp3) is 0.476. The normalized spacial score (nSPS) is 21.7. The molecule has 1 aromatic heterocycles. The first-order valence-corrected chi connectivity index (χ1v) is 9.64. The highest BCUT2D eigenvalue weighted by atomic mass is 16.5. The largest absolute Gasteiger partial charge is 0.497 e. The Morgan fingerprint density at radius 1 is 1.11 bits per heavy atom. The number of carbonyl (C=O) groups excluding carboxylic acids is 1. The van der Waals surface area contributed by atoms with E-state index in [1.807, 2.05) is 56.0 Å². The van der Waals surface area contributed by atoms with Crippen molar-refractivity contribution in [3.05, 3.63) is 41.9 Å². The Morgan fingerprint density at radius 3 is 2.36 bits per heavy atom. The third kappa shape index (κ3) is 3.48. The molecule has 4 heterocycles. The average Bonchev–Trinajstić information content (AvgIpc) is 2.67. The van der Waals surface area contributed by atoms with Gasteiger partial charge in [0.25, 0.3) is 5.91 Å². The van der Waals surface area contributed by atoms with Gasteiger partial charge in [-0.05, 0) is 51.5 Å². The van der Waals surface area contributed by atoms with Gasteiger partial charge in [-0.3, -0.25) is 4.79 Å². The lowest BCUT2D eigenvalue weighted by Crippen LogP contribution is -2.71. The minimum atomic E-state index is -0.520. The van der Waals surface area contributed by atoms with Crippen LogP contribution in [0.2, 0.25) is 0 Å². The number of anilines is 1. The Bertz CT molecular complexity index is 838. The van der Waals surface area contributed by atoms with E-state index in [1.54, 1.807) is 7.11 Å². The molecule has 5 rings (SSSR count). The summed E-state index contributed by atoms with van der Waals surface area (Å²) in [5.74, 6) is 3.21. The summed E-state index contributed by atoms with van der Waals surface area (Å²) in [4.78, 5) is 26.1. The Kier molecular flexibility index (Phi) is 4.83. The van der Waals surface area contributed by atoms with Crippen LogP contribution in [0.4, 0.5) is 5.82 Å². The number of carbonyl (C=O) groups is 1. The van der Waals surface area contributed by atoms with E-state index in [0.717, 1.165) is 42.6 Å². The first-order chi connectivity index (χ1) is 13.4. The quantitative estimate of drug-likeness (QED) is 0.791. The maximum absolute atomic E-state index is 12.9. The standard InChI is InChI=1S/C21H26N4O3/c1-13-9-20(23-15(3)22-13)24-11-16-10-17(12-24)25(16)21(26)14(2)28-19-7-5-18(27-4)6-8-19/h5-9,14,16-17H,10-12H2,1-4H3. The van der Waals surface area contributed by atoms with Crippen molar-refractivity contribution < 1.29 is 14.3 Å². The number of rotatable bonds is 5. The maximum Gasteiger partial charge on any atom is 0.263 e. The number of benzene rings is 1. The molecule has 3 atom stereocenters. The van der Waals surface area contributed by atoms with Crippen LogP contribution < -0.4 is 14.4 Å². The van der Waals surface area contributed by atoms with Crippen LogP contribution >= 0.6 is 0 Å². The molecule has 0 N–H and O–H groups in total. The highest BCUT2D eigenvalue weighted by Gasteiger charge is 2.48. The summed E-state index contributed by atoms with van der Waals surface area (Å²) in [6.07, 6.45) is 0.523. The maximum atomic E-state index is 12.9. The zero-order chi connectivity index (χ0) is 19.8. The second kappa shape index (κ2) is 7.30. The SMILES string of the molecule is COc1ccc(OC(C)C(=O)N2C3CC2CN(c2cc(C)nc(C)n2)C3)cc1. The van der Waals surface area contributed by atoms with Gasteiger partial charge in [0.1, 0.15) is 23.1 Å². The fourth-order valence-corrected chi connectivity index (χ4v) is 4.13. The van der Waals surface area contributed by atoms with E-state index in [1.165, 1.54) is 0 Å². The van der Waals surface area contributed by atoms with Crippen LogP contribution in [0.25, 0.3) is 0 Å². The van der Waals surface area contributed by atoms with E-state index in [0.29, 0.717) is 5.75 Å². The molecular formula is C21H26N4O3. The molecule has 0 saturated carbocycles. The molecule has 3 fully saturated rings. The lowest BCUT2D eigenvalue weighted by Gasteiger charge is -2.57. The molecule has 2 bridgehead atoms. The number of fused-ring (bicyclic) bond motifs is 2. The van der Waals surface area contributed by atoms with Crippen molar-refractivity contribution >= 4 is 11.7 Å². The van der Waals surface area contributed by atoms with Crippen molar-refractivity contribution in [2.45, 2.75) is 45.4 Å². The molecule has 2 aromatic rings. The second-order valence-corrected chi connectivity index (χ2v) is 7.54. The van der Waals surface area contributed by atoms with Gasteiger partial charge < -0.3 is 19.3 Å². The van der Waals surface area contributed by atoms with E-state index in [-0.39, 0.29) is 18.0 Å². The summed E-state index contributed by atoms with van der Waals surface area (Å²) in [6, 6.07) is 9.73. The number of hydrogen-bond donors (Lipinski definition) is 0. The number of aromatic nitrogens is 2. The van der Waals surface area contributed by atoms with Crippen molar-refractivity contribution in [2.24, 2.45) is 0 Å². The van der Waals surface area contributed by atoms with Crippen LogP contribution in [0, 0.1) is 13.8 Å². The molecule has 0 spiro atoms. The Balaban J connectivity index is 1.39. The lowest BCUT2D eigenvalue weighted by molar-refractivity contribution is -0.153. The summed E-state index contributed by atoms with van der Waals surface area (Å²) in [5.41, 5.74) is 0.969. The smallest absolute Gasteiger partial charge is 0.263 e. The van der Waals surface area contributed by atoms with E-state index >= 15 is 0 Å². The second-order valence-electron chi connectivity index (χ2n) is 7.54. The first kappa shape index (κ1) is 18.5. The number of piperidine rings is 1. The highest BCUT2D eigenvalue weighted by molar-refractivity contribution is 5.83. The molecular weight excluding hydrogens is 356 g/mol. The molecule has 3 aliphatic rings. The topological polar surface area (TPSA) is 67.8 Å². The molecule has 148 valence electrons. The lowest BCUT2D eigenvalue weighted by atomic mass is 9.86. The molecule has 0 radical (unpaired) electrons. The zero-order valence-electron chi connectivity index (χ0n) is 16.8. The van der Waals surface area contributed by atoms with E-state index in [4.69, 9.17) is 9.47 Å². The van der Waals surface area contributed by atoms with Crippen molar-refractivity contribution in [3.63, 3.8) is 0 Å². The van der Waals surface area contributed by atoms with Crippen molar-refractivity contribution in [2.75, 3.05) is 25.1 Å². The predicted octanol–water partition coefficient (Wildman–Crippen LogP) is 2.36. The van der Waals surface area contributed by atoms with Crippen LogP contribution in [0.1, 0.15) is 24.9 Å². The number of methoxy groups -OCH3 is 1. The van der Waals surface area contributed by atoms with Gasteiger partial charge in [0, 0.05) is 24.8 Å². The monoisotopic (exact) mass is 382 g/mol. The molecule has 7 nitrogen and oxygen atoms in total. The van der Waals surface area contributed by atoms with Gasteiger partial charge in [0.15, 0.2) is 6.10 Å². The van der Waals surface area contributed by atoms with Gasteiger partial charge in [0.05, 0.1) is 19.2 Å². The van der Waals surface area contributed by atoms with Crippen LogP contribution in [-0.2, 0) is 4.79 Å². The molecule has 3 saturated heterocycles. The highest BCUT2D eigenvalue weighted by Crippen LogP contribution is 2.35. The Morgan fingerprint density at radius 2 is 1.75 bits per heavy atom.